The highest BCUT2D eigenvalue weighted by Crippen LogP contribution is 2.30. The monoisotopic (exact) mass is 398 g/mol. The molecule has 30 heavy (non-hydrogen) atoms. The maximum Gasteiger partial charge on any atom is 0.266 e. The summed E-state index contributed by atoms with van der Waals surface area (Å²) < 4.78 is 0. The molecule has 3 amide bonds. The van der Waals surface area contributed by atoms with Crippen LogP contribution in [0.25, 0.3) is 0 Å². The van der Waals surface area contributed by atoms with Crippen molar-refractivity contribution >= 4 is 29.1 Å². The van der Waals surface area contributed by atoms with E-state index in [2.05, 4.69) is 26.1 Å². The predicted molar refractivity (Wildman–Crippen MR) is 117 cm³/mol. The average Bonchev–Trinajstić information content (AvgIpc) is 2.98. The van der Waals surface area contributed by atoms with Gasteiger partial charge in [0.1, 0.15) is 0 Å². The first kappa shape index (κ1) is 19.6. The molecule has 1 aliphatic rings. The number of hydrogen-bond acceptors (Lipinski definition) is 3. The Kier molecular flexibility index (Phi) is 4.74. The number of carbonyl (C=O) groups is 3. The summed E-state index contributed by atoms with van der Waals surface area (Å²) >= 11 is 0. The molecule has 0 atom stereocenters. The van der Waals surface area contributed by atoms with E-state index in [1.807, 2.05) is 12.1 Å². The van der Waals surface area contributed by atoms with Gasteiger partial charge >= 0.3 is 0 Å². The molecule has 0 saturated carbocycles. The van der Waals surface area contributed by atoms with Crippen LogP contribution in [0.1, 0.15) is 57.4 Å². The number of rotatable bonds is 3. The van der Waals surface area contributed by atoms with Gasteiger partial charge in [-0.05, 0) is 53.4 Å². The zero-order valence-electron chi connectivity index (χ0n) is 17.1. The molecule has 0 radical (unpaired) electrons. The minimum absolute atomic E-state index is 0.00964. The van der Waals surface area contributed by atoms with Crippen LogP contribution in [0.2, 0.25) is 0 Å². The molecule has 0 fully saturated rings. The lowest BCUT2D eigenvalue weighted by atomic mass is 9.87. The van der Waals surface area contributed by atoms with E-state index in [1.165, 1.54) is 0 Å². The first-order valence-corrected chi connectivity index (χ1v) is 9.75. The van der Waals surface area contributed by atoms with Crippen molar-refractivity contribution in [3.63, 3.8) is 0 Å². The van der Waals surface area contributed by atoms with E-state index >= 15 is 0 Å². The summed E-state index contributed by atoms with van der Waals surface area (Å²) in [4.78, 5) is 39.2. The van der Waals surface area contributed by atoms with Gasteiger partial charge in [-0.1, -0.05) is 51.1 Å². The Morgan fingerprint density at radius 2 is 1.40 bits per heavy atom. The SMILES string of the molecule is CC(C)(C)c1ccc(C(=O)Nc2cccc(N3C(=O)c4ccccc4C3=O)c2)cc1. The van der Waals surface area contributed by atoms with Crippen molar-refractivity contribution < 1.29 is 14.4 Å². The third kappa shape index (κ3) is 3.50. The van der Waals surface area contributed by atoms with Crippen LogP contribution in [0, 0.1) is 0 Å². The largest absolute Gasteiger partial charge is 0.322 e. The van der Waals surface area contributed by atoms with E-state index in [9.17, 15) is 14.4 Å². The molecule has 0 saturated heterocycles. The first-order valence-electron chi connectivity index (χ1n) is 9.75. The van der Waals surface area contributed by atoms with Crippen LogP contribution in [-0.2, 0) is 5.41 Å². The third-order valence-corrected chi connectivity index (χ3v) is 5.17. The van der Waals surface area contributed by atoms with Crippen molar-refractivity contribution in [1.82, 2.24) is 0 Å². The number of benzene rings is 3. The van der Waals surface area contributed by atoms with Gasteiger partial charge in [0.25, 0.3) is 17.7 Å². The van der Waals surface area contributed by atoms with Gasteiger partial charge in [-0.2, -0.15) is 0 Å². The standard InChI is InChI=1S/C25H22N2O3/c1-25(2,3)17-13-11-16(12-14-17)22(28)26-18-7-6-8-19(15-18)27-23(29)20-9-4-5-10-21(20)24(27)30/h4-15H,1-3H3,(H,26,28). The van der Waals surface area contributed by atoms with Crippen molar-refractivity contribution in [1.29, 1.82) is 0 Å². The minimum Gasteiger partial charge on any atom is -0.322 e. The molecule has 0 spiro atoms. The molecule has 3 aromatic carbocycles. The van der Waals surface area contributed by atoms with Crippen molar-refractivity contribution in [2.45, 2.75) is 26.2 Å². The molecule has 1 heterocycles. The summed E-state index contributed by atoms with van der Waals surface area (Å²) in [5, 5.41) is 2.84. The van der Waals surface area contributed by atoms with Crippen molar-refractivity contribution in [3.05, 3.63) is 95.1 Å². The summed E-state index contributed by atoms with van der Waals surface area (Å²) in [7, 11) is 0. The molecule has 0 bridgehead atoms. The van der Waals surface area contributed by atoms with E-state index in [-0.39, 0.29) is 23.1 Å². The van der Waals surface area contributed by atoms with Crippen molar-refractivity contribution in [2.75, 3.05) is 10.2 Å². The lowest BCUT2D eigenvalue weighted by molar-refractivity contribution is 0.0925. The van der Waals surface area contributed by atoms with Gasteiger partial charge in [0, 0.05) is 11.3 Å². The van der Waals surface area contributed by atoms with Crippen LogP contribution in [0.4, 0.5) is 11.4 Å². The molecule has 0 aromatic heterocycles. The molecule has 1 N–H and O–H groups in total. The smallest absolute Gasteiger partial charge is 0.266 e. The maximum absolute atomic E-state index is 12.7. The first-order chi connectivity index (χ1) is 14.3. The number of hydrogen-bond donors (Lipinski definition) is 1. The molecular weight excluding hydrogens is 376 g/mol. The molecule has 150 valence electrons. The molecular formula is C25H22N2O3. The van der Waals surface area contributed by atoms with Gasteiger partial charge in [0.05, 0.1) is 16.8 Å². The third-order valence-electron chi connectivity index (χ3n) is 5.17. The lowest BCUT2D eigenvalue weighted by Gasteiger charge is -2.19. The highest BCUT2D eigenvalue weighted by atomic mass is 16.2. The quantitative estimate of drug-likeness (QED) is 0.629. The number of carbonyl (C=O) groups excluding carboxylic acids is 3. The Bertz CT molecular complexity index is 1120. The molecule has 4 rings (SSSR count). The van der Waals surface area contributed by atoms with E-state index in [4.69, 9.17) is 0 Å². The fraction of sp³-hybridized carbons (Fsp3) is 0.160. The zero-order valence-corrected chi connectivity index (χ0v) is 17.1. The normalized spacial score (nSPS) is 13.4. The number of nitrogens with one attached hydrogen (secondary N) is 1. The number of anilines is 2. The van der Waals surface area contributed by atoms with Crippen molar-refractivity contribution in [3.8, 4) is 0 Å². The van der Waals surface area contributed by atoms with E-state index in [0.29, 0.717) is 28.1 Å². The molecule has 1 aliphatic heterocycles. The number of fused-ring (bicyclic) bond motifs is 1. The van der Waals surface area contributed by atoms with Crippen molar-refractivity contribution in [2.24, 2.45) is 0 Å². The van der Waals surface area contributed by atoms with E-state index < -0.39 is 0 Å². The fourth-order valence-corrected chi connectivity index (χ4v) is 3.47. The second kappa shape index (κ2) is 7.26. The lowest BCUT2D eigenvalue weighted by Crippen LogP contribution is -2.29. The van der Waals surface area contributed by atoms with Gasteiger partial charge in [0.15, 0.2) is 0 Å². The molecule has 5 heteroatoms. The van der Waals surface area contributed by atoms with Gasteiger partial charge in [-0.15, -0.1) is 0 Å². The fourth-order valence-electron chi connectivity index (χ4n) is 3.47. The van der Waals surface area contributed by atoms with Gasteiger partial charge < -0.3 is 5.32 Å². The highest BCUT2D eigenvalue weighted by Gasteiger charge is 2.36. The molecule has 0 aliphatic carbocycles. The Hall–Kier alpha value is -3.73. The number of nitrogens with zero attached hydrogens (tertiary/aromatic N) is 1. The van der Waals surface area contributed by atoms with Gasteiger partial charge in [-0.3, -0.25) is 14.4 Å². The van der Waals surface area contributed by atoms with Gasteiger partial charge in [0.2, 0.25) is 0 Å². The Labute approximate surface area is 175 Å². The summed E-state index contributed by atoms with van der Waals surface area (Å²) in [5.41, 5.74) is 3.39. The Balaban J connectivity index is 1.55. The summed E-state index contributed by atoms with van der Waals surface area (Å²) in [6.07, 6.45) is 0. The highest BCUT2D eigenvalue weighted by molar-refractivity contribution is 6.34. The second-order valence-corrected chi connectivity index (χ2v) is 8.32. The van der Waals surface area contributed by atoms with Crippen LogP contribution < -0.4 is 10.2 Å². The zero-order chi connectivity index (χ0) is 21.5. The minimum atomic E-state index is -0.364. The predicted octanol–water partition coefficient (Wildman–Crippen LogP) is 5.04. The van der Waals surface area contributed by atoms with Crippen LogP contribution in [-0.4, -0.2) is 17.7 Å². The number of imide groups is 1. The topological polar surface area (TPSA) is 66.5 Å². The van der Waals surface area contributed by atoms with Gasteiger partial charge in [-0.25, -0.2) is 4.90 Å². The summed E-state index contributed by atoms with van der Waals surface area (Å²) in [6, 6.07) is 21.0. The molecule has 5 nitrogen and oxygen atoms in total. The Morgan fingerprint density at radius 1 is 0.800 bits per heavy atom. The van der Waals surface area contributed by atoms with Crippen LogP contribution >= 0.6 is 0 Å². The maximum atomic E-state index is 12.7. The molecule has 3 aromatic rings. The van der Waals surface area contributed by atoms with E-state index in [1.54, 1.807) is 60.7 Å². The van der Waals surface area contributed by atoms with Crippen LogP contribution in [0.5, 0.6) is 0 Å². The molecule has 0 unspecified atom stereocenters. The summed E-state index contributed by atoms with van der Waals surface area (Å²) in [6.45, 7) is 6.35. The van der Waals surface area contributed by atoms with Crippen LogP contribution in [0.3, 0.4) is 0 Å². The summed E-state index contributed by atoms with van der Waals surface area (Å²) in [5.74, 6) is -0.983. The second-order valence-electron chi connectivity index (χ2n) is 8.32. The number of amides is 3. The average molecular weight is 398 g/mol. The van der Waals surface area contributed by atoms with E-state index in [0.717, 1.165) is 10.5 Å². The van der Waals surface area contributed by atoms with Crippen LogP contribution in [0.15, 0.2) is 72.8 Å². The Morgan fingerprint density at radius 3 is 1.97 bits per heavy atom.